The van der Waals surface area contributed by atoms with Crippen molar-refractivity contribution in [2.75, 3.05) is 0 Å². The number of hydrogen-bond donors (Lipinski definition) is 1. The van der Waals surface area contributed by atoms with Gasteiger partial charge < -0.3 is 9.40 Å². The Morgan fingerprint density at radius 2 is 1.88 bits per heavy atom. The minimum atomic E-state index is -0.435. The molecule has 0 spiro atoms. The normalized spacial score (nSPS) is 12.1. The first-order chi connectivity index (χ1) is 15.4. The first-order valence-electron chi connectivity index (χ1n) is 10.3. The van der Waals surface area contributed by atoms with E-state index < -0.39 is 5.25 Å². The number of benzene rings is 1. The van der Waals surface area contributed by atoms with Crippen LogP contribution in [0.25, 0.3) is 11.6 Å². The molecule has 8 heteroatoms. The average molecular weight is 449 g/mol. The lowest BCUT2D eigenvalue weighted by atomic mass is 10.0. The van der Waals surface area contributed by atoms with Crippen molar-refractivity contribution in [2.24, 2.45) is 0 Å². The number of H-pyrrole nitrogens is 1. The van der Waals surface area contributed by atoms with Gasteiger partial charge in [-0.3, -0.25) is 14.2 Å². The minimum Gasteiger partial charge on any atom is -0.461 e. The first-order valence-corrected chi connectivity index (χ1v) is 11.2. The predicted octanol–water partition coefficient (Wildman–Crippen LogP) is 5.10. The Morgan fingerprint density at radius 1 is 1.12 bits per heavy atom. The van der Waals surface area contributed by atoms with Gasteiger partial charge in [-0.1, -0.05) is 42.1 Å². The number of furan rings is 1. The van der Waals surface area contributed by atoms with E-state index in [0.717, 1.165) is 5.56 Å². The number of aromatic nitrogens is 4. The van der Waals surface area contributed by atoms with Gasteiger partial charge in [-0.2, -0.15) is 0 Å². The molecular weight excluding hydrogens is 424 g/mol. The third-order valence-corrected chi connectivity index (χ3v) is 6.41. The molecule has 0 amide bonds. The highest BCUT2D eigenvalue weighted by Gasteiger charge is 2.27. The van der Waals surface area contributed by atoms with Crippen LogP contribution in [0.4, 0.5) is 0 Å². The topological polar surface area (TPSA) is 93.8 Å². The number of Topliss-reactive ketones (excluding diaryl/α,β-unsaturated/α-hetero) is 2. The van der Waals surface area contributed by atoms with Gasteiger partial charge >= 0.3 is 0 Å². The van der Waals surface area contributed by atoms with Crippen LogP contribution in [-0.4, -0.2) is 36.6 Å². The van der Waals surface area contributed by atoms with E-state index in [1.54, 1.807) is 19.3 Å². The molecule has 0 fully saturated rings. The molecule has 3 aromatic heterocycles. The standard InChI is InChI=1S/C24H24N4O3S/c1-14-20(16(3)29)15(2)25-21(14)22(30)17(4)32-24-27-26-23(19-11-8-12-31-19)28(24)13-18-9-6-5-7-10-18/h5-12,17,25H,13H2,1-4H3. The number of aromatic amines is 1. The molecule has 164 valence electrons. The maximum absolute atomic E-state index is 13.2. The molecule has 32 heavy (non-hydrogen) atoms. The van der Waals surface area contributed by atoms with Gasteiger partial charge in [0.2, 0.25) is 5.82 Å². The fraction of sp³-hybridized carbons (Fsp3) is 0.250. The molecule has 0 aliphatic carbocycles. The molecule has 0 saturated carbocycles. The van der Waals surface area contributed by atoms with E-state index in [9.17, 15) is 9.59 Å². The molecule has 1 unspecified atom stereocenters. The number of nitrogens with one attached hydrogen (secondary N) is 1. The zero-order valence-electron chi connectivity index (χ0n) is 18.4. The van der Waals surface area contributed by atoms with Crippen molar-refractivity contribution in [2.45, 2.75) is 44.6 Å². The van der Waals surface area contributed by atoms with E-state index in [1.165, 1.54) is 18.7 Å². The Kier molecular flexibility index (Phi) is 6.14. The summed E-state index contributed by atoms with van der Waals surface area (Å²) in [6, 6.07) is 13.6. The van der Waals surface area contributed by atoms with Crippen LogP contribution in [0, 0.1) is 13.8 Å². The third kappa shape index (κ3) is 4.18. The Morgan fingerprint density at radius 3 is 2.50 bits per heavy atom. The van der Waals surface area contributed by atoms with Crippen molar-refractivity contribution in [3.05, 3.63) is 76.8 Å². The number of carbonyl (C=O) groups is 2. The fourth-order valence-electron chi connectivity index (χ4n) is 3.81. The second-order valence-electron chi connectivity index (χ2n) is 7.66. The predicted molar refractivity (Wildman–Crippen MR) is 123 cm³/mol. The van der Waals surface area contributed by atoms with E-state index in [4.69, 9.17) is 4.42 Å². The van der Waals surface area contributed by atoms with Crippen LogP contribution < -0.4 is 0 Å². The summed E-state index contributed by atoms with van der Waals surface area (Å²) in [6.45, 7) is 7.51. The second kappa shape index (κ2) is 9.00. The van der Waals surface area contributed by atoms with Crippen LogP contribution in [0.15, 0.2) is 58.3 Å². The van der Waals surface area contributed by atoms with Gasteiger partial charge in [-0.25, -0.2) is 0 Å². The summed E-state index contributed by atoms with van der Waals surface area (Å²) in [6.07, 6.45) is 1.60. The average Bonchev–Trinajstić information content (AvgIpc) is 3.48. The zero-order chi connectivity index (χ0) is 22.8. The van der Waals surface area contributed by atoms with Crippen LogP contribution in [0.3, 0.4) is 0 Å². The number of thioether (sulfide) groups is 1. The largest absolute Gasteiger partial charge is 0.461 e. The molecule has 0 aliphatic heterocycles. The molecule has 1 N–H and O–H groups in total. The number of rotatable bonds is 8. The summed E-state index contributed by atoms with van der Waals surface area (Å²) >= 11 is 1.34. The van der Waals surface area contributed by atoms with Crippen LogP contribution in [-0.2, 0) is 6.54 Å². The summed E-state index contributed by atoms with van der Waals surface area (Å²) < 4.78 is 7.51. The van der Waals surface area contributed by atoms with E-state index in [-0.39, 0.29) is 11.6 Å². The molecule has 7 nitrogen and oxygen atoms in total. The summed E-state index contributed by atoms with van der Waals surface area (Å²) in [5, 5.41) is 8.87. The fourth-order valence-corrected chi connectivity index (χ4v) is 4.72. The molecule has 1 aromatic carbocycles. The number of carbonyl (C=O) groups excluding carboxylic acids is 2. The van der Waals surface area contributed by atoms with E-state index in [2.05, 4.69) is 15.2 Å². The number of aryl methyl sites for hydroxylation is 1. The van der Waals surface area contributed by atoms with Crippen LogP contribution in [0.2, 0.25) is 0 Å². The van der Waals surface area contributed by atoms with Crippen molar-refractivity contribution < 1.29 is 14.0 Å². The molecule has 1 atom stereocenters. The minimum absolute atomic E-state index is 0.0544. The molecule has 3 heterocycles. The quantitative estimate of drug-likeness (QED) is 0.298. The lowest BCUT2D eigenvalue weighted by molar-refractivity contribution is 0.0988. The van der Waals surface area contributed by atoms with E-state index in [0.29, 0.717) is 45.8 Å². The molecule has 4 rings (SSSR count). The molecule has 4 aromatic rings. The van der Waals surface area contributed by atoms with Gasteiger partial charge in [-0.05, 0) is 51.0 Å². The third-order valence-electron chi connectivity index (χ3n) is 5.33. The van der Waals surface area contributed by atoms with Crippen molar-refractivity contribution in [3.8, 4) is 11.6 Å². The van der Waals surface area contributed by atoms with Gasteiger partial charge in [0.25, 0.3) is 0 Å². The Bertz CT molecular complexity index is 1260. The van der Waals surface area contributed by atoms with E-state index >= 15 is 0 Å². The Labute approximate surface area is 190 Å². The molecule has 0 bridgehead atoms. The number of ketones is 2. The SMILES string of the molecule is CC(=O)c1c(C)[nH]c(C(=O)C(C)Sc2nnc(-c3ccco3)n2Cc2ccccc2)c1C. The molecule has 0 radical (unpaired) electrons. The van der Waals surface area contributed by atoms with Gasteiger partial charge in [-0.15, -0.1) is 10.2 Å². The maximum Gasteiger partial charge on any atom is 0.200 e. The van der Waals surface area contributed by atoms with Crippen molar-refractivity contribution in [1.29, 1.82) is 0 Å². The summed E-state index contributed by atoms with van der Waals surface area (Å²) in [5.74, 6) is 1.08. The lowest BCUT2D eigenvalue weighted by Gasteiger charge is -2.13. The van der Waals surface area contributed by atoms with Crippen molar-refractivity contribution in [1.82, 2.24) is 19.7 Å². The lowest BCUT2D eigenvalue weighted by Crippen LogP contribution is -2.16. The molecule has 0 aliphatic rings. The summed E-state index contributed by atoms with van der Waals surface area (Å²) in [4.78, 5) is 28.3. The monoisotopic (exact) mass is 448 g/mol. The van der Waals surface area contributed by atoms with Crippen LogP contribution in [0.5, 0.6) is 0 Å². The van der Waals surface area contributed by atoms with Gasteiger partial charge in [0.05, 0.1) is 23.8 Å². The Hall–Kier alpha value is -3.39. The van der Waals surface area contributed by atoms with Gasteiger partial charge in [0, 0.05) is 11.3 Å². The van der Waals surface area contributed by atoms with Crippen molar-refractivity contribution >= 4 is 23.3 Å². The van der Waals surface area contributed by atoms with Crippen molar-refractivity contribution in [3.63, 3.8) is 0 Å². The van der Waals surface area contributed by atoms with E-state index in [1.807, 2.05) is 54.8 Å². The highest BCUT2D eigenvalue weighted by Crippen LogP contribution is 2.30. The van der Waals surface area contributed by atoms with Gasteiger partial charge in [0.15, 0.2) is 22.5 Å². The second-order valence-corrected chi connectivity index (χ2v) is 8.97. The Balaban J connectivity index is 1.65. The summed E-state index contributed by atoms with van der Waals surface area (Å²) in [7, 11) is 0. The number of nitrogens with zero attached hydrogens (tertiary/aromatic N) is 3. The smallest absolute Gasteiger partial charge is 0.200 e. The highest BCUT2D eigenvalue weighted by molar-refractivity contribution is 8.00. The van der Waals surface area contributed by atoms with Crippen LogP contribution in [0.1, 0.15) is 51.5 Å². The van der Waals surface area contributed by atoms with Crippen LogP contribution >= 0.6 is 11.8 Å². The molecule has 0 saturated heterocycles. The molecular formula is C24H24N4O3S. The van der Waals surface area contributed by atoms with Gasteiger partial charge in [0.1, 0.15) is 0 Å². The first kappa shape index (κ1) is 21.8. The maximum atomic E-state index is 13.2. The number of hydrogen-bond acceptors (Lipinski definition) is 6. The summed E-state index contributed by atoms with van der Waals surface area (Å²) in [5.41, 5.74) is 3.53. The zero-order valence-corrected chi connectivity index (χ0v) is 19.2. The highest BCUT2D eigenvalue weighted by atomic mass is 32.2.